The molecule has 4 atom stereocenters. The highest BCUT2D eigenvalue weighted by Crippen LogP contribution is 2.45. The second-order valence-corrected chi connectivity index (χ2v) is 5.43. The summed E-state index contributed by atoms with van der Waals surface area (Å²) in [6, 6.07) is 7.81. The fourth-order valence-corrected chi connectivity index (χ4v) is 3.40. The molecule has 0 saturated carbocycles. The lowest BCUT2D eigenvalue weighted by Gasteiger charge is -2.35. The van der Waals surface area contributed by atoms with E-state index in [1.54, 1.807) is 0 Å². The zero-order valence-electron chi connectivity index (χ0n) is 11.0. The van der Waals surface area contributed by atoms with E-state index in [1.807, 2.05) is 24.3 Å². The summed E-state index contributed by atoms with van der Waals surface area (Å²) in [6.45, 7) is 0. The number of ether oxygens (including phenoxy) is 2. The van der Waals surface area contributed by atoms with E-state index in [2.05, 4.69) is 0 Å². The van der Waals surface area contributed by atoms with E-state index in [-0.39, 0.29) is 30.0 Å². The summed E-state index contributed by atoms with van der Waals surface area (Å²) in [5.74, 6) is -0.168. The lowest BCUT2D eigenvalue weighted by molar-refractivity contribution is -0.156. The number of carbonyl (C=O) groups excluding carboxylic acids is 1. The van der Waals surface area contributed by atoms with Crippen molar-refractivity contribution in [3.8, 4) is 0 Å². The minimum absolute atomic E-state index is 0.00810. The van der Waals surface area contributed by atoms with Crippen molar-refractivity contribution in [1.29, 1.82) is 0 Å². The smallest absolute Gasteiger partial charge is 0.311 e. The van der Waals surface area contributed by atoms with Gasteiger partial charge in [0, 0.05) is 11.6 Å². The zero-order chi connectivity index (χ0) is 13.4. The van der Waals surface area contributed by atoms with Crippen LogP contribution in [0.3, 0.4) is 0 Å². The number of carbonyl (C=O) groups is 1. The molecule has 1 aromatic carbocycles. The summed E-state index contributed by atoms with van der Waals surface area (Å²) >= 11 is 0. The number of nitrogen functional groups attached to an aromatic ring is 1. The minimum Gasteiger partial charge on any atom is -0.469 e. The first-order valence-electron chi connectivity index (χ1n) is 6.77. The number of benzene rings is 1. The van der Waals surface area contributed by atoms with Crippen molar-refractivity contribution >= 4 is 11.7 Å². The third kappa shape index (κ3) is 2.21. The maximum Gasteiger partial charge on any atom is 0.311 e. The Hall–Kier alpha value is -1.55. The second-order valence-electron chi connectivity index (χ2n) is 5.43. The lowest BCUT2D eigenvalue weighted by atomic mass is 9.79. The first kappa shape index (κ1) is 12.5. The van der Waals surface area contributed by atoms with Crippen molar-refractivity contribution in [3.05, 3.63) is 29.8 Å². The topological polar surface area (TPSA) is 61.5 Å². The van der Waals surface area contributed by atoms with Gasteiger partial charge in [0.25, 0.3) is 0 Å². The maximum absolute atomic E-state index is 12.1. The number of rotatable bonds is 2. The monoisotopic (exact) mass is 261 g/mol. The van der Waals surface area contributed by atoms with Gasteiger partial charge in [-0.2, -0.15) is 0 Å². The van der Waals surface area contributed by atoms with E-state index in [4.69, 9.17) is 15.2 Å². The molecule has 2 aliphatic rings. The summed E-state index contributed by atoms with van der Waals surface area (Å²) in [5, 5.41) is 0. The number of anilines is 1. The Kier molecular flexibility index (Phi) is 3.19. The van der Waals surface area contributed by atoms with Crippen molar-refractivity contribution in [1.82, 2.24) is 0 Å². The van der Waals surface area contributed by atoms with Crippen molar-refractivity contribution in [2.24, 2.45) is 5.92 Å². The molecule has 4 heteroatoms. The largest absolute Gasteiger partial charge is 0.469 e. The first-order valence-corrected chi connectivity index (χ1v) is 6.77. The molecule has 2 fully saturated rings. The molecular formula is C15H19NO3. The maximum atomic E-state index is 12.1. The SMILES string of the molecule is COC(=O)[C@H]1[C@@H](c2ccc(N)cc2)C[C@@H]2CC[C@H]1O2. The molecule has 4 nitrogen and oxygen atoms in total. The van der Waals surface area contributed by atoms with Crippen LogP contribution in [0.1, 0.15) is 30.7 Å². The van der Waals surface area contributed by atoms with Crippen LogP contribution in [0, 0.1) is 5.92 Å². The van der Waals surface area contributed by atoms with Crippen LogP contribution in [0.5, 0.6) is 0 Å². The predicted octanol–water partition coefficient (Wildman–Crippen LogP) is 2.09. The Bertz CT molecular complexity index is 471. The Labute approximate surface area is 112 Å². The van der Waals surface area contributed by atoms with Crippen LogP contribution >= 0.6 is 0 Å². The molecule has 2 saturated heterocycles. The Morgan fingerprint density at radius 3 is 2.74 bits per heavy atom. The summed E-state index contributed by atoms with van der Waals surface area (Å²) < 4.78 is 10.9. The molecule has 0 radical (unpaired) electrons. The molecule has 2 N–H and O–H groups in total. The number of hydrogen-bond donors (Lipinski definition) is 1. The highest BCUT2D eigenvalue weighted by Gasteiger charge is 2.47. The molecule has 0 aromatic heterocycles. The van der Waals surface area contributed by atoms with Crippen LogP contribution in [0.4, 0.5) is 5.69 Å². The molecule has 102 valence electrons. The van der Waals surface area contributed by atoms with Gasteiger partial charge >= 0.3 is 5.97 Å². The van der Waals surface area contributed by atoms with E-state index in [9.17, 15) is 4.79 Å². The first-order chi connectivity index (χ1) is 9.19. The fourth-order valence-electron chi connectivity index (χ4n) is 3.40. The third-order valence-corrected chi connectivity index (χ3v) is 4.33. The minimum atomic E-state index is -0.188. The van der Waals surface area contributed by atoms with Gasteiger partial charge < -0.3 is 15.2 Å². The van der Waals surface area contributed by atoms with Gasteiger partial charge in [-0.25, -0.2) is 0 Å². The average Bonchev–Trinajstić information content (AvgIpc) is 2.80. The van der Waals surface area contributed by atoms with Crippen LogP contribution in [0.2, 0.25) is 0 Å². The second kappa shape index (κ2) is 4.85. The highest BCUT2D eigenvalue weighted by atomic mass is 16.5. The lowest BCUT2D eigenvalue weighted by Crippen LogP contribution is -2.39. The highest BCUT2D eigenvalue weighted by molar-refractivity contribution is 5.74. The molecule has 2 heterocycles. The molecule has 19 heavy (non-hydrogen) atoms. The fraction of sp³-hybridized carbons (Fsp3) is 0.533. The standard InChI is InChI=1S/C15H19NO3/c1-18-15(17)14-12(8-11-6-7-13(14)19-11)9-2-4-10(16)5-3-9/h2-5,11-14H,6-8,16H2,1H3/t11-,12+,13+,14-/m0/s1. The molecule has 0 spiro atoms. The van der Waals surface area contributed by atoms with Crippen molar-refractivity contribution in [2.45, 2.75) is 37.4 Å². The number of hydrogen-bond acceptors (Lipinski definition) is 4. The van der Waals surface area contributed by atoms with E-state index in [1.165, 1.54) is 7.11 Å². The zero-order valence-corrected chi connectivity index (χ0v) is 11.0. The summed E-state index contributed by atoms with van der Waals surface area (Å²) in [6.07, 6.45) is 3.18. The van der Waals surface area contributed by atoms with Crippen molar-refractivity contribution in [2.75, 3.05) is 12.8 Å². The van der Waals surface area contributed by atoms with Gasteiger partial charge in [-0.3, -0.25) is 4.79 Å². The molecule has 3 rings (SSSR count). The van der Waals surface area contributed by atoms with Crippen LogP contribution in [0.25, 0.3) is 0 Å². The van der Waals surface area contributed by atoms with E-state index >= 15 is 0 Å². The summed E-state index contributed by atoms with van der Waals surface area (Å²) in [5.41, 5.74) is 7.63. The Morgan fingerprint density at radius 1 is 1.32 bits per heavy atom. The predicted molar refractivity (Wildman–Crippen MR) is 71.6 cm³/mol. The van der Waals surface area contributed by atoms with Gasteiger partial charge in [-0.05, 0) is 37.0 Å². The Balaban J connectivity index is 1.92. The molecule has 1 aromatic rings. The van der Waals surface area contributed by atoms with Gasteiger partial charge in [0.1, 0.15) is 0 Å². The van der Waals surface area contributed by atoms with Gasteiger partial charge in [0.2, 0.25) is 0 Å². The molecule has 0 amide bonds. The normalized spacial score (nSPS) is 33.1. The Morgan fingerprint density at radius 2 is 2.05 bits per heavy atom. The van der Waals surface area contributed by atoms with Crippen molar-refractivity contribution < 1.29 is 14.3 Å². The quantitative estimate of drug-likeness (QED) is 0.654. The van der Waals surface area contributed by atoms with Crippen LogP contribution < -0.4 is 5.73 Å². The van der Waals surface area contributed by atoms with Gasteiger partial charge in [0.05, 0.1) is 25.2 Å². The van der Waals surface area contributed by atoms with Gasteiger partial charge in [0.15, 0.2) is 0 Å². The molecule has 0 aliphatic carbocycles. The number of fused-ring (bicyclic) bond motifs is 2. The average molecular weight is 261 g/mol. The summed E-state index contributed by atoms with van der Waals surface area (Å²) in [4.78, 5) is 12.1. The number of methoxy groups -OCH3 is 1. The molecular weight excluding hydrogens is 242 g/mol. The number of esters is 1. The molecule has 0 unspecified atom stereocenters. The third-order valence-electron chi connectivity index (χ3n) is 4.33. The molecule has 2 bridgehead atoms. The number of nitrogens with two attached hydrogens (primary N) is 1. The summed E-state index contributed by atoms with van der Waals surface area (Å²) in [7, 11) is 1.45. The van der Waals surface area contributed by atoms with Crippen LogP contribution in [0.15, 0.2) is 24.3 Å². The van der Waals surface area contributed by atoms with E-state index in [0.717, 1.165) is 30.5 Å². The van der Waals surface area contributed by atoms with Crippen LogP contribution in [-0.4, -0.2) is 25.3 Å². The van der Waals surface area contributed by atoms with E-state index in [0.29, 0.717) is 0 Å². The van der Waals surface area contributed by atoms with E-state index < -0.39 is 0 Å². The van der Waals surface area contributed by atoms with Crippen LogP contribution in [-0.2, 0) is 14.3 Å². The van der Waals surface area contributed by atoms with Gasteiger partial charge in [-0.1, -0.05) is 12.1 Å². The molecule has 2 aliphatic heterocycles. The van der Waals surface area contributed by atoms with Crippen molar-refractivity contribution in [3.63, 3.8) is 0 Å². The van der Waals surface area contributed by atoms with Gasteiger partial charge in [-0.15, -0.1) is 0 Å².